The molecule has 2 aromatic heterocycles. The molecule has 176 valence electrons. The van der Waals surface area contributed by atoms with E-state index in [9.17, 15) is 14.0 Å². The number of nitrogens with one attached hydrogen (secondary N) is 2. The third kappa shape index (κ3) is 6.36. The first-order valence-electron chi connectivity index (χ1n) is 11.0. The first-order valence-corrected chi connectivity index (χ1v) is 11.8. The van der Waals surface area contributed by atoms with Gasteiger partial charge in [-0.1, -0.05) is 6.07 Å². The molecule has 2 amide bonds. The Morgan fingerprint density at radius 2 is 2.03 bits per heavy atom. The molecule has 1 saturated heterocycles. The van der Waals surface area contributed by atoms with Crippen LogP contribution in [0.4, 0.5) is 15.1 Å². The Bertz CT molecular complexity index is 1210. The molecule has 1 fully saturated rings. The van der Waals surface area contributed by atoms with Gasteiger partial charge in [0.15, 0.2) is 0 Å². The maximum absolute atomic E-state index is 13.3. The van der Waals surface area contributed by atoms with Crippen molar-refractivity contribution in [3.05, 3.63) is 64.7 Å². The van der Waals surface area contributed by atoms with E-state index in [1.807, 2.05) is 12.1 Å². The third-order valence-corrected chi connectivity index (χ3v) is 6.25. The van der Waals surface area contributed by atoms with E-state index in [2.05, 4.69) is 30.5 Å². The first kappa shape index (κ1) is 23.8. The highest BCUT2D eigenvalue weighted by Crippen LogP contribution is 2.21. The van der Waals surface area contributed by atoms with E-state index < -0.39 is 5.24 Å². The van der Waals surface area contributed by atoms with Crippen molar-refractivity contribution >= 4 is 46.3 Å². The highest BCUT2D eigenvalue weighted by Gasteiger charge is 2.21. The number of imide groups is 1. The molecule has 0 unspecified atom stereocenters. The van der Waals surface area contributed by atoms with Gasteiger partial charge in [0.25, 0.3) is 5.24 Å². The van der Waals surface area contributed by atoms with E-state index >= 15 is 0 Å². The number of aromatic nitrogens is 3. The fourth-order valence-corrected chi connectivity index (χ4v) is 4.40. The van der Waals surface area contributed by atoms with Crippen molar-refractivity contribution in [1.82, 2.24) is 25.6 Å². The Kier molecular flexibility index (Phi) is 7.81. The van der Waals surface area contributed by atoms with Crippen LogP contribution < -0.4 is 15.5 Å². The van der Waals surface area contributed by atoms with Crippen LogP contribution in [-0.4, -0.2) is 45.7 Å². The monoisotopic (exact) mass is 480 g/mol. The van der Waals surface area contributed by atoms with Gasteiger partial charge in [-0.05, 0) is 72.8 Å². The molecule has 8 nitrogen and oxygen atoms in total. The predicted octanol–water partition coefficient (Wildman–Crippen LogP) is 3.88. The number of benzene rings is 1. The van der Waals surface area contributed by atoms with Gasteiger partial charge >= 0.3 is 0 Å². The van der Waals surface area contributed by atoms with Crippen molar-refractivity contribution in [2.24, 2.45) is 0 Å². The Morgan fingerprint density at radius 1 is 1.21 bits per heavy atom. The minimum absolute atomic E-state index is 0.256. The number of hydrogen-bond acceptors (Lipinski definition) is 8. The standard InChI is InChI=1S/C24H25FN6O2S/c1-16(34-24(33)28-15-32)12-20-6-9-26-23(30-20)31-10-7-19(8-11-31)27-14-21-4-2-17-13-18(25)3-5-22(17)29-21/h2-6,9,12-13,15,19,27H,7-8,10-11,14H2,1H3,(H,28,32,33)/b16-12-. The average molecular weight is 481 g/mol. The summed E-state index contributed by atoms with van der Waals surface area (Å²) in [6.45, 7) is 4.09. The van der Waals surface area contributed by atoms with Crippen molar-refractivity contribution in [2.75, 3.05) is 18.0 Å². The molecule has 10 heteroatoms. The number of allylic oxidation sites excluding steroid dienone is 1. The van der Waals surface area contributed by atoms with E-state index in [4.69, 9.17) is 0 Å². The van der Waals surface area contributed by atoms with Crippen molar-refractivity contribution in [2.45, 2.75) is 32.4 Å². The van der Waals surface area contributed by atoms with Crippen molar-refractivity contribution in [3.63, 3.8) is 0 Å². The largest absolute Gasteiger partial charge is 0.341 e. The van der Waals surface area contributed by atoms with E-state index in [1.54, 1.807) is 31.3 Å². The molecule has 4 rings (SSSR count). The number of thioether (sulfide) groups is 1. The number of anilines is 1. The number of halogens is 1. The molecule has 0 radical (unpaired) electrons. The SMILES string of the molecule is C/C(=C/c1ccnc(N2CCC(NCc3ccc4cc(F)ccc4n3)CC2)n1)SC(=O)NC=O. The van der Waals surface area contributed by atoms with Crippen LogP contribution in [0.25, 0.3) is 17.0 Å². The number of carbonyl (C=O) groups excluding carboxylic acids is 2. The molecule has 0 saturated carbocycles. The summed E-state index contributed by atoms with van der Waals surface area (Å²) in [7, 11) is 0. The minimum atomic E-state index is -0.430. The second-order valence-electron chi connectivity index (χ2n) is 7.97. The van der Waals surface area contributed by atoms with Crippen LogP contribution in [0.3, 0.4) is 0 Å². The van der Waals surface area contributed by atoms with Crippen LogP contribution >= 0.6 is 11.8 Å². The summed E-state index contributed by atoms with van der Waals surface area (Å²) in [4.78, 5) is 38.4. The van der Waals surface area contributed by atoms with Crippen molar-refractivity contribution in [1.29, 1.82) is 0 Å². The van der Waals surface area contributed by atoms with Gasteiger partial charge in [0.05, 0.1) is 16.9 Å². The number of nitrogens with zero attached hydrogens (tertiary/aromatic N) is 4. The van der Waals surface area contributed by atoms with Crippen LogP contribution in [0.1, 0.15) is 31.2 Å². The fourth-order valence-electron chi connectivity index (χ4n) is 3.83. The van der Waals surface area contributed by atoms with Gasteiger partial charge < -0.3 is 10.2 Å². The molecule has 0 aliphatic carbocycles. The zero-order valence-corrected chi connectivity index (χ0v) is 19.5. The van der Waals surface area contributed by atoms with Crippen LogP contribution in [0, 0.1) is 5.82 Å². The molecule has 1 aromatic carbocycles. The second kappa shape index (κ2) is 11.2. The number of pyridine rings is 1. The second-order valence-corrected chi connectivity index (χ2v) is 9.19. The first-order chi connectivity index (χ1) is 16.5. The summed E-state index contributed by atoms with van der Waals surface area (Å²) < 4.78 is 13.3. The van der Waals surface area contributed by atoms with E-state index in [1.165, 1.54) is 12.1 Å². The van der Waals surface area contributed by atoms with Gasteiger partial charge in [-0.15, -0.1) is 0 Å². The molecular formula is C24H25FN6O2S. The van der Waals surface area contributed by atoms with Crippen LogP contribution in [0.5, 0.6) is 0 Å². The zero-order valence-electron chi connectivity index (χ0n) is 18.7. The summed E-state index contributed by atoms with van der Waals surface area (Å²) in [6, 6.07) is 10.6. The topological polar surface area (TPSA) is 100 Å². The van der Waals surface area contributed by atoms with Gasteiger partial charge in [-0.2, -0.15) is 0 Å². The molecule has 0 atom stereocenters. The lowest BCUT2D eigenvalue weighted by atomic mass is 10.1. The van der Waals surface area contributed by atoms with E-state index in [0.29, 0.717) is 30.6 Å². The minimum Gasteiger partial charge on any atom is -0.341 e. The maximum atomic E-state index is 13.3. The number of rotatable bonds is 7. The lowest BCUT2D eigenvalue weighted by molar-refractivity contribution is -0.108. The Hall–Kier alpha value is -3.37. The van der Waals surface area contributed by atoms with Crippen LogP contribution in [-0.2, 0) is 11.3 Å². The van der Waals surface area contributed by atoms with Gasteiger partial charge in [-0.3, -0.25) is 19.9 Å². The third-order valence-electron chi connectivity index (χ3n) is 5.50. The predicted molar refractivity (Wildman–Crippen MR) is 132 cm³/mol. The highest BCUT2D eigenvalue weighted by atomic mass is 32.2. The van der Waals surface area contributed by atoms with Gasteiger partial charge in [0, 0.05) is 37.3 Å². The Labute approximate surface area is 201 Å². The molecule has 0 bridgehead atoms. The lowest BCUT2D eigenvalue weighted by Crippen LogP contribution is -2.43. The molecule has 3 heterocycles. The summed E-state index contributed by atoms with van der Waals surface area (Å²) in [6.07, 6.45) is 5.76. The fraction of sp³-hybridized carbons (Fsp3) is 0.292. The number of fused-ring (bicyclic) bond motifs is 1. The Morgan fingerprint density at radius 3 is 2.82 bits per heavy atom. The summed E-state index contributed by atoms with van der Waals surface area (Å²) >= 11 is 0.941. The molecule has 1 aliphatic rings. The quantitative estimate of drug-likeness (QED) is 0.492. The molecular weight excluding hydrogens is 455 g/mol. The molecule has 0 spiro atoms. The van der Waals surface area contributed by atoms with Gasteiger partial charge in [-0.25, -0.2) is 14.4 Å². The zero-order chi connectivity index (χ0) is 23.9. The summed E-state index contributed by atoms with van der Waals surface area (Å²) in [5.41, 5.74) is 2.43. The van der Waals surface area contributed by atoms with Gasteiger partial charge in [0.2, 0.25) is 12.4 Å². The molecule has 1 aliphatic heterocycles. The summed E-state index contributed by atoms with van der Waals surface area (Å²) in [5.74, 6) is 0.402. The van der Waals surface area contributed by atoms with E-state index in [0.717, 1.165) is 59.2 Å². The van der Waals surface area contributed by atoms with Crippen LogP contribution in [0.15, 0.2) is 47.5 Å². The van der Waals surface area contributed by atoms with Crippen molar-refractivity contribution < 1.29 is 14.0 Å². The number of piperidine rings is 1. The molecule has 2 N–H and O–H groups in total. The number of carbonyl (C=O) groups is 2. The molecule has 3 aromatic rings. The van der Waals surface area contributed by atoms with Gasteiger partial charge in [0.1, 0.15) is 5.82 Å². The lowest BCUT2D eigenvalue weighted by Gasteiger charge is -2.32. The maximum Gasteiger partial charge on any atom is 0.289 e. The summed E-state index contributed by atoms with van der Waals surface area (Å²) in [5, 5.41) is 6.04. The molecule has 34 heavy (non-hydrogen) atoms. The highest BCUT2D eigenvalue weighted by molar-refractivity contribution is 8.17. The normalized spacial score (nSPS) is 14.9. The number of hydrogen-bond donors (Lipinski definition) is 2. The number of amides is 2. The smallest absolute Gasteiger partial charge is 0.289 e. The Balaban J connectivity index is 1.30. The van der Waals surface area contributed by atoms with Crippen LogP contribution in [0.2, 0.25) is 0 Å². The van der Waals surface area contributed by atoms with E-state index in [-0.39, 0.29) is 5.82 Å². The van der Waals surface area contributed by atoms with Crippen molar-refractivity contribution in [3.8, 4) is 0 Å². The average Bonchev–Trinajstić information content (AvgIpc) is 2.83.